The lowest BCUT2D eigenvalue weighted by Crippen LogP contribution is -2.28. The Bertz CT molecular complexity index is 412. The number of halogens is 3. The van der Waals surface area contributed by atoms with E-state index in [2.05, 4.69) is 0 Å². The van der Waals surface area contributed by atoms with Gasteiger partial charge in [-0.1, -0.05) is 24.1 Å². The fourth-order valence-corrected chi connectivity index (χ4v) is 1.96. The third kappa shape index (κ3) is 4.14. The summed E-state index contributed by atoms with van der Waals surface area (Å²) in [4.78, 5) is 13.5. The summed E-state index contributed by atoms with van der Waals surface area (Å²) >= 11 is 11.2. The minimum Gasteiger partial charge on any atom is -0.342 e. The second kappa shape index (κ2) is 7.59. The summed E-state index contributed by atoms with van der Waals surface area (Å²) in [5.41, 5.74) is 0.0161. The second-order valence-electron chi connectivity index (χ2n) is 4.08. The van der Waals surface area contributed by atoms with Crippen LogP contribution in [0.25, 0.3) is 0 Å². The van der Waals surface area contributed by atoms with E-state index in [0.29, 0.717) is 12.4 Å². The monoisotopic (exact) mass is 291 g/mol. The van der Waals surface area contributed by atoms with Crippen LogP contribution in [-0.4, -0.2) is 30.3 Å². The number of rotatable bonds is 6. The fraction of sp³-hybridized carbons (Fsp3) is 0.462. The highest BCUT2D eigenvalue weighted by Gasteiger charge is 2.17. The van der Waals surface area contributed by atoms with Gasteiger partial charge in [-0.2, -0.15) is 0 Å². The number of unbranched alkanes of at least 4 members (excludes halogenated alkanes) is 2. The standard InChI is InChI=1S/C13H16Cl2FNO/c1-17(9-4-2-3-8-14)13(18)10-6-5-7-11(15)12(10)16/h5-7H,2-4,8-9H2,1H3. The molecule has 18 heavy (non-hydrogen) atoms. The molecule has 1 aromatic carbocycles. The number of carbonyl (C=O) groups excluding carboxylic acids is 1. The Balaban J connectivity index is 2.60. The van der Waals surface area contributed by atoms with E-state index in [9.17, 15) is 9.18 Å². The third-order valence-electron chi connectivity index (χ3n) is 2.66. The molecule has 5 heteroatoms. The topological polar surface area (TPSA) is 20.3 Å². The predicted octanol–water partition coefficient (Wildman–Crippen LogP) is 3.96. The Morgan fingerprint density at radius 3 is 2.72 bits per heavy atom. The van der Waals surface area contributed by atoms with Gasteiger partial charge in [0.15, 0.2) is 5.82 Å². The first-order valence-corrected chi connectivity index (χ1v) is 6.74. The summed E-state index contributed by atoms with van der Waals surface area (Å²) in [6.45, 7) is 0.585. The van der Waals surface area contributed by atoms with Crippen LogP contribution in [0.5, 0.6) is 0 Å². The van der Waals surface area contributed by atoms with Crippen LogP contribution in [0.4, 0.5) is 4.39 Å². The van der Waals surface area contributed by atoms with Crippen LogP contribution < -0.4 is 0 Å². The van der Waals surface area contributed by atoms with Gasteiger partial charge in [0.2, 0.25) is 0 Å². The first-order valence-electron chi connectivity index (χ1n) is 5.83. The summed E-state index contributed by atoms with van der Waals surface area (Å²) in [5, 5.41) is -0.0311. The van der Waals surface area contributed by atoms with Crippen molar-refractivity contribution in [3.8, 4) is 0 Å². The molecule has 2 nitrogen and oxygen atoms in total. The van der Waals surface area contributed by atoms with E-state index in [1.807, 2.05) is 0 Å². The molecule has 0 saturated carbocycles. The lowest BCUT2D eigenvalue weighted by Gasteiger charge is -2.17. The summed E-state index contributed by atoms with van der Waals surface area (Å²) in [7, 11) is 1.66. The van der Waals surface area contributed by atoms with E-state index in [4.69, 9.17) is 23.2 Å². The molecule has 0 fully saturated rings. The van der Waals surface area contributed by atoms with Gasteiger partial charge in [0.1, 0.15) is 0 Å². The normalized spacial score (nSPS) is 10.4. The van der Waals surface area contributed by atoms with E-state index in [0.717, 1.165) is 19.3 Å². The fourth-order valence-electron chi connectivity index (χ4n) is 1.60. The van der Waals surface area contributed by atoms with Crippen molar-refractivity contribution in [2.24, 2.45) is 0 Å². The van der Waals surface area contributed by atoms with Gasteiger partial charge >= 0.3 is 0 Å². The van der Waals surface area contributed by atoms with Gasteiger partial charge in [0, 0.05) is 19.5 Å². The third-order valence-corrected chi connectivity index (χ3v) is 3.22. The summed E-state index contributed by atoms with van der Waals surface area (Å²) < 4.78 is 13.7. The number of benzene rings is 1. The molecule has 0 atom stereocenters. The quantitative estimate of drug-likeness (QED) is 0.574. The lowest BCUT2D eigenvalue weighted by molar-refractivity contribution is 0.0788. The van der Waals surface area contributed by atoms with Crippen LogP contribution in [-0.2, 0) is 0 Å². The summed E-state index contributed by atoms with van der Waals surface area (Å²) in [6, 6.07) is 4.44. The van der Waals surface area contributed by atoms with Crippen molar-refractivity contribution in [3.63, 3.8) is 0 Å². The Kier molecular flexibility index (Phi) is 6.44. The highest BCUT2D eigenvalue weighted by Crippen LogP contribution is 2.19. The van der Waals surface area contributed by atoms with E-state index in [1.54, 1.807) is 13.1 Å². The molecule has 0 aliphatic heterocycles. The van der Waals surface area contributed by atoms with Gasteiger partial charge in [-0.05, 0) is 25.0 Å². The number of hydrogen-bond acceptors (Lipinski definition) is 1. The molecular formula is C13H16Cl2FNO. The Morgan fingerprint density at radius 1 is 1.33 bits per heavy atom. The molecule has 0 aromatic heterocycles. The number of amides is 1. The molecule has 0 aliphatic carbocycles. The summed E-state index contributed by atoms with van der Waals surface area (Å²) in [5.74, 6) is -0.377. The van der Waals surface area contributed by atoms with Gasteiger partial charge in [-0.25, -0.2) is 4.39 Å². The Hall–Kier alpha value is -0.800. The van der Waals surface area contributed by atoms with E-state index < -0.39 is 5.82 Å². The van der Waals surface area contributed by atoms with Crippen LogP contribution >= 0.6 is 23.2 Å². The molecule has 1 amide bonds. The molecule has 1 rings (SSSR count). The molecule has 100 valence electrons. The molecule has 0 unspecified atom stereocenters. The van der Waals surface area contributed by atoms with Gasteiger partial charge in [0.05, 0.1) is 10.6 Å². The number of alkyl halides is 1. The minimum absolute atomic E-state index is 0.0161. The maximum absolute atomic E-state index is 13.7. The van der Waals surface area contributed by atoms with Crippen molar-refractivity contribution in [1.82, 2.24) is 4.90 Å². The smallest absolute Gasteiger partial charge is 0.256 e. The maximum atomic E-state index is 13.7. The van der Waals surface area contributed by atoms with Crippen molar-refractivity contribution in [1.29, 1.82) is 0 Å². The maximum Gasteiger partial charge on any atom is 0.256 e. The minimum atomic E-state index is -0.656. The average Bonchev–Trinajstić information content (AvgIpc) is 2.37. The highest BCUT2D eigenvalue weighted by molar-refractivity contribution is 6.31. The first kappa shape index (κ1) is 15.3. The Labute approximate surface area is 117 Å². The predicted molar refractivity (Wildman–Crippen MR) is 72.9 cm³/mol. The molecule has 1 aromatic rings. The van der Waals surface area contributed by atoms with Crippen molar-refractivity contribution < 1.29 is 9.18 Å². The summed E-state index contributed by atoms with van der Waals surface area (Å²) in [6.07, 6.45) is 2.74. The zero-order valence-electron chi connectivity index (χ0n) is 10.3. The first-order chi connectivity index (χ1) is 8.57. The van der Waals surface area contributed by atoms with Gasteiger partial charge in [0.25, 0.3) is 5.91 Å². The van der Waals surface area contributed by atoms with Crippen LogP contribution in [0, 0.1) is 5.82 Å². The highest BCUT2D eigenvalue weighted by atomic mass is 35.5. The largest absolute Gasteiger partial charge is 0.342 e. The van der Waals surface area contributed by atoms with Crippen molar-refractivity contribution in [3.05, 3.63) is 34.6 Å². The molecule has 0 bridgehead atoms. The number of hydrogen-bond donors (Lipinski definition) is 0. The molecule has 0 aliphatic rings. The Morgan fingerprint density at radius 2 is 2.06 bits per heavy atom. The van der Waals surface area contributed by atoms with Crippen molar-refractivity contribution >= 4 is 29.1 Å². The van der Waals surface area contributed by atoms with Crippen molar-refractivity contribution in [2.75, 3.05) is 19.5 Å². The molecule has 0 spiro atoms. The molecule has 0 radical (unpaired) electrons. The van der Waals surface area contributed by atoms with E-state index in [-0.39, 0.29) is 16.5 Å². The number of nitrogens with zero attached hydrogens (tertiary/aromatic N) is 1. The van der Waals surface area contributed by atoms with Crippen LogP contribution in [0.2, 0.25) is 5.02 Å². The van der Waals surface area contributed by atoms with Gasteiger partial charge in [-0.15, -0.1) is 11.6 Å². The zero-order chi connectivity index (χ0) is 13.5. The average molecular weight is 292 g/mol. The molecule has 0 saturated heterocycles. The van der Waals surface area contributed by atoms with Gasteiger partial charge in [-0.3, -0.25) is 4.79 Å². The van der Waals surface area contributed by atoms with E-state index in [1.165, 1.54) is 17.0 Å². The van der Waals surface area contributed by atoms with Crippen molar-refractivity contribution in [2.45, 2.75) is 19.3 Å². The van der Waals surface area contributed by atoms with Crippen LogP contribution in [0.1, 0.15) is 29.6 Å². The van der Waals surface area contributed by atoms with Crippen LogP contribution in [0.3, 0.4) is 0 Å². The second-order valence-corrected chi connectivity index (χ2v) is 4.86. The lowest BCUT2D eigenvalue weighted by atomic mass is 10.1. The molecule has 0 N–H and O–H groups in total. The molecular weight excluding hydrogens is 276 g/mol. The van der Waals surface area contributed by atoms with Crippen LogP contribution in [0.15, 0.2) is 18.2 Å². The van der Waals surface area contributed by atoms with E-state index >= 15 is 0 Å². The number of carbonyl (C=O) groups is 1. The van der Waals surface area contributed by atoms with Gasteiger partial charge < -0.3 is 4.90 Å². The zero-order valence-corrected chi connectivity index (χ0v) is 11.8. The molecule has 0 heterocycles. The SMILES string of the molecule is CN(CCCCCCl)C(=O)c1cccc(Cl)c1F.